The van der Waals surface area contributed by atoms with Crippen LogP contribution in [0.15, 0.2) is 18.3 Å². The number of nitrogens with one attached hydrogen (secondary N) is 1. The molecule has 0 aromatic carbocycles. The lowest BCUT2D eigenvalue weighted by Crippen LogP contribution is -2.29. The maximum atomic E-state index is 12.6. The van der Waals surface area contributed by atoms with E-state index in [0.717, 1.165) is 31.4 Å². The fourth-order valence-electron chi connectivity index (χ4n) is 2.14. The average molecular weight is 224 g/mol. The quantitative estimate of drug-likeness (QED) is 0.801. The molecule has 1 aromatic heterocycles. The minimum Gasteiger partial charge on any atom is -0.381 e. The van der Waals surface area contributed by atoms with E-state index in [0.29, 0.717) is 12.1 Å². The van der Waals surface area contributed by atoms with Gasteiger partial charge in [-0.05, 0) is 37.8 Å². The summed E-state index contributed by atoms with van der Waals surface area (Å²) in [5.41, 5.74) is 0.891. The molecule has 1 aliphatic rings. The Morgan fingerprint density at radius 1 is 1.31 bits per heavy atom. The standard InChI is InChI=1S/C12H17FN2O/c1-16-11-5-2-9(3-6-11)15-10-4-7-12(13)14-8-10/h4,7-9,11,15H,2-3,5-6H2,1H3. The third-order valence-corrected chi connectivity index (χ3v) is 3.11. The maximum Gasteiger partial charge on any atom is 0.212 e. The minimum absolute atomic E-state index is 0.407. The Kier molecular flexibility index (Phi) is 3.72. The molecule has 0 radical (unpaired) electrons. The van der Waals surface area contributed by atoms with Gasteiger partial charge < -0.3 is 10.1 Å². The van der Waals surface area contributed by atoms with Crippen molar-refractivity contribution in [3.8, 4) is 0 Å². The first kappa shape index (κ1) is 11.3. The lowest BCUT2D eigenvalue weighted by atomic mass is 9.93. The van der Waals surface area contributed by atoms with Gasteiger partial charge in [0.1, 0.15) is 0 Å². The lowest BCUT2D eigenvalue weighted by molar-refractivity contribution is 0.0682. The van der Waals surface area contributed by atoms with Crippen LogP contribution in [0.25, 0.3) is 0 Å². The van der Waals surface area contributed by atoms with Crippen molar-refractivity contribution in [1.82, 2.24) is 4.98 Å². The molecule has 1 heterocycles. The molecule has 16 heavy (non-hydrogen) atoms. The van der Waals surface area contributed by atoms with Crippen molar-refractivity contribution >= 4 is 5.69 Å². The van der Waals surface area contributed by atoms with Crippen LogP contribution in [0.4, 0.5) is 10.1 Å². The number of pyridine rings is 1. The largest absolute Gasteiger partial charge is 0.381 e. The second kappa shape index (κ2) is 5.25. The summed E-state index contributed by atoms with van der Waals surface area (Å²) in [5.74, 6) is -0.436. The van der Waals surface area contributed by atoms with Gasteiger partial charge in [0, 0.05) is 13.2 Å². The number of hydrogen-bond donors (Lipinski definition) is 1. The molecule has 0 unspecified atom stereocenters. The van der Waals surface area contributed by atoms with Gasteiger partial charge >= 0.3 is 0 Å². The van der Waals surface area contributed by atoms with Gasteiger partial charge in [-0.15, -0.1) is 0 Å². The van der Waals surface area contributed by atoms with Gasteiger partial charge in [-0.2, -0.15) is 4.39 Å². The highest BCUT2D eigenvalue weighted by atomic mass is 19.1. The van der Waals surface area contributed by atoms with Crippen molar-refractivity contribution in [3.05, 3.63) is 24.3 Å². The Morgan fingerprint density at radius 2 is 2.06 bits per heavy atom. The smallest absolute Gasteiger partial charge is 0.212 e. The number of aromatic nitrogens is 1. The topological polar surface area (TPSA) is 34.1 Å². The summed E-state index contributed by atoms with van der Waals surface area (Å²) in [7, 11) is 1.77. The van der Waals surface area contributed by atoms with Crippen LogP contribution in [-0.2, 0) is 4.74 Å². The lowest BCUT2D eigenvalue weighted by Gasteiger charge is -2.28. The summed E-state index contributed by atoms with van der Waals surface area (Å²) in [6.45, 7) is 0. The van der Waals surface area contributed by atoms with E-state index in [1.54, 1.807) is 13.2 Å². The van der Waals surface area contributed by atoms with E-state index in [2.05, 4.69) is 10.3 Å². The first-order valence-corrected chi connectivity index (χ1v) is 5.69. The van der Waals surface area contributed by atoms with Crippen LogP contribution < -0.4 is 5.32 Å². The molecule has 0 spiro atoms. The molecule has 2 rings (SSSR count). The summed E-state index contributed by atoms with van der Waals surface area (Å²) in [4.78, 5) is 3.62. The second-order valence-electron chi connectivity index (χ2n) is 4.22. The van der Waals surface area contributed by atoms with E-state index in [1.165, 1.54) is 12.3 Å². The van der Waals surface area contributed by atoms with Crippen molar-refractivity contribution in [2.24, 2.45) is 0 Å². The van der Waals surface area contributed by atoms with Gasteiger partial charge in [-0.25, -0.2) is 4.98 Å². The van der Waals surface area contributed by atoms with Crippen LogP contribution in [0.5, 0.6) is 0 Å². The van der Waals surface area contributed by atoms with E-state index >= 15 is 0 Å². The van der Waals surface area contributed by atoms with Gasteiger partial charge in [-0.1, -0.05) is 0 Å². The number of halogens is 1. The molecule has 3 nitrogen and oxygen atoms in total. The number of anilines is 1. The normalized spacial score (nSPS) is 25.4. The first-order valence-electron chi connectivity index (χ1n) is 5.69. The van der Waals surface area contributed by atoms with E-state index in [-0.39, 0.29) is 0 Å². The van der Waals surface area contributed by atoms with Gasteiger partial charge in [0.05, 0.1) is 18.0 Å². The molecule has 0 atom stereocenters. The fraction of sp³-hybridized carbons (Fsp3) is 0.583. The number of nitrogens with zero attached hydrogens (tertiary/aromatic N) is 1. The third-order valence-electron chi connectivity index (χ3n) is 3.11. The van der Waals surface area contributed by atoms with Crippen molar-refractivity contribution in [1.29, 1.82) is 0 Å². The molecule has 1 aliphatic carbocycles. The van der Waals surface area contributed by atoms with Crippen molar-refractivity contribution < 1.29 is 9.13 Å². The molecule has 1 N–H and O–H groups in total. The third kappa shape index (κ3) is 2.92. The average Bonchev–Trinajstić information content (AvgIpc) is 2.33. The molecule has 1 aromatic rings. The molecular weight excluding hydrogens is 207 g/mol. The van der Waals surface area contributed by atoms with E-state index in [1.807, 2.05) is 0 Å². The Morgan fingerprint density at radius 3 is 2.62 bits per heavy atom. The van der Waals surface area contributed by atoms with Crippen LogP contribution in [-0.4, -0.2) is 24.2 Å². The van der Waals surface area contributed by atoms with Crippen LogP contribution >= 0.6 is 0 Å². The molecule has 1 fully saturated rings. The first-order chi connectivity index (χ1) is 7.78. The van der Waals surface area contributed by atoms with Gasteiger partial charge in [-0.3, -0.25) is 0 Å². The van der Waals surface area contributed by atoms with Crippen LogP contribution in [0.1, 0.15) is 25.7 Å². The minimum atomic E-state index is -0.436. The zero-order chi connectivity index (χ0) is 11.4. The van der Waals surface area contributed by atoms with Crippen LogP contribution in [0.3, 0.4) is 0 Å². The summed E-state index contributed by atoms with van der Waals surface area (Å²) in [5, 5.41) is 3.37. The highest BCUT2D eigenvalue weighted by molar-refractivity contribution is 5.41. The summed E-state index contributed by atoms with van der Waals surface area (Å²) < 4.78 is 17.9. The predicted molar refractivity (Wildman–Crippen MR) is 60.9 cm³/mol. The highest BCUT2D eigenvalue weighted by Crippen LogP contribution is 2.23. The molecule has 0 amide bonds. The summed E-state index contributed by atoms with van der Waals surface area (Å²) in [6.07, 6.45) is 6.30. The maximum absolute atomic E-state index is 12.6. The summed E-state index contributed by atoms with van der Waals surface area (Å²) in [6, 6.07) is 3.56. The SMILES string of the molecule is COC1CCC(Nc2ccc(F)nc2)CC1. The molecule has 88 valence electrons. The molecule has 0 saturated heterocycles. The molecular formula is C12H17FN2O. The van der Waals surface area contributed by atoms with Crippen molar-refractivity contribution in [3.63, 3.8) is 0 Å². The Labute approximate surface area is 95.0 Å². The monoisotopic (exact) mass is 224 g/mol. The van der Waals surface area contributed by atoms with Gasteiger partial charge in [0.15, 0.2) is 0 Å². The number of methoxy groups -OCH3 is 1. The predicted octanol–water partition coefficient (Wildman–Crippen LogP) is 2.59. The Balaban J connectivity index is 1.84. The van der Waals surface area contributed by atoms with Gasteiger partial charge in [0.2, 0.25) is 5.95 Å². The summed E-state index contributed by atoms with van der Waals surface area (Å²) >= 11 is 0. The Bertz CT molecular complexity index is 320. The zero-order valence-electron chi connectivity index (χ0n) is 9.45. The molecule has 4 heteroatoms. The van der Waals surface area contributed by atoms with Crippen molar-refractivity contribution in [2.75, 3.05) is 12.4 Å². The van der Waals surface area contributed by atoms with E-state index in [4.69, 9.17) is 4.74 Å². The van der Waals surface area contributed by atoms with Crippen molar-refractivity contribution in [2.45, 2.75) is 37.8 Å². The van der Waals surface area contributed by atoms with Crippen LogP contribution in [0, 0.1) is 5.95 Å². The Hall–Kier alpha value is -1.16. The highest BCUT2D eigenvalue weighted by Gasteiger charge is 2.20. The molecule has 1 saturated carbocycles. The molecule has 0 aliphatic heterocycles. The number of hydrogen-bond acceptors (Lipinski definition) is 3. The van der Waals surface area contributed by atoms with E-state index < -0.39 is 5.95 Å². The van der Waals surface area contributed by atoms with Crippen LogP contribution in [0.2, 0.25) is 0 Å². The number of rotatable bonds is 3. The van der Waals surface area contributed by atoms with Gasteiger partial charge in [0.25, 0.3) is 0 Å². The number of ether oxygens (including phenoxy) is 1. The molecule has 0 bridgehead atoms. The van der Waals surface area contributed by atoms with E-state index in [9.17, 15) is 4.39 Å². The second-order valence-corrected chi connectivity index (χ2v) is 4.22. The fourth-order valence-corrected chi connectivity index (χ4v) is 2.14. The zero-order valence-corrected chi connectivity index (χ0v) is 9.45.